The van der Waals surface area contributed by atoms with Crippen molar-refractivity contribution in [2.45, 2.75) is 0 Å². The molecule has 0 saturated carbocycles. The first-order valence-electron chi connectivity index (χ1n) is 5.07. The van der Waals surface area contributed by atoms with Crippen LogP contribution in [0.5, 0.6) is 0 Å². The van der Waals surface area contributed by atoms with Gasteiger partial charge in [0, 0.05) is 11.6 Å². The first kappa shape index (κ1) is 11.8. The predicted molar refractivity (Wildman–Crippen MR) is 66.2 cm³/mol. The molecule has 0 atom stereocenters. The van der Waals surface area contributed by atoms with E-state index in [1.54, 1.807) is 24.4 Å². The van der Waals surface area contributed by atoms with Gasteiger partial charge in [0.1, 0.15) is 0 Å². The summed E-state index contributed by atoms with van der Waals surface area (Å²) in [6.07, 6.45) is 1.60. The third-order valence-electron chi connectivity index (χ3n) is 2.26. The molecule has 0 spiro atoms. The first-order chi connectivity index (χ1) is 8.12. The average molecular weight is 252 g/mol. The molecule has 0 aliphatic heterocycles. The number of benzene rings is 1. The maximum Gasteiger partial charge on any atom is 0.235 e. The normalized spacial score (nSPS) is 11.6. The molecule has 90 valence electrons. The molecule has 0 saturated heterocycles. The molecule has 2 rings (SSSR count). The quantitative estimate of drug-likeness (QED) is 0.849. The van der Waals surface area contributed by atoms with Gasteiger partial charge in [-0.15, -0.1) is 0 Å². The molecule has 0 bridgehead atoms. The van der Waals surface area contributed by atoms with Crippen LogP contribution in [0.15, 0.2) is 36.5 Å². The number of para-hydroxylation sites is 1. The van der Waals surface area contributed by atoms with Crippen LogP contribution >= 0.6 is 0 Å². The maximum absolute atomic E-state index is 11.5. The van der Waals surface area contributed by atoms with E-state index >= 15 is 0 Å². The Labute approximate surface area is 99.2 Å². The summed E-state index contributed by atoms with van der Waals surface area (Å²) in [5.74, 6) is -0.323. The van der Waals surface area contributed by atoms with Crippen molar-refractivity contribution in [3.8, 4) is 0 Å². The summed E-state index contributed by atoms with van der Waals surface area (Å²) >= 11 is 0. The number of nitrogens with one attached hydrogen (secondary N) is 1. The minimum atomic E-state index is -3.52. The zero-order valence-electron chi connectivity index (χ0n) is 9.00. The van der Waals surface area contributed by atoms with Crippen LogP contribution in [0.2, 0.25) is 0 Å². The van der Waals surface area contributed by atoms with Crippen molar-refractivity contribution in [3.63, 3.8) is 0 Å². The van der Waals surface area contributed by atoms with Crippen LogP contribution in [-0.2, 0) is 10.0 Å². The number of aliphatic hydroxyl groups excluding tert-OH is 1. The number of rotatable bonds is 4. The predicted octanol–water partition coefficient (Wildman–Crippen LogP) is 0.969. The average Bonchev–Trinajstić information content (AvgIpc) is 2.29. The molecule has 1 aromatic carbocycles. The van der Waals surface area contributed by atoms with Crippen molar-refractivity contribution in [2.24, 2.45) is 0 Å². The van der Waals surface area contributed by atoms with E-state index in [0.29, 0.717) is 11.2 Å². The molecule has 2 N–H and O–H groups in total. The Balaban J connectivity index is 2.43. The summed E-state index contributed by atoms with van der Waals surface area (Å²) in [5, 5.41) is 9.52. The summed E-state index contributed by atoms with van der Waals surface area (Å²) < 4.78 is 25.5. The van der Waals surface area contributed by atoms with Crippen LogP contribution in [0.3, 0.4) is 0 Å². The van der Waals surface area contributed by atoms with Gasteiger partial charge in [-0.1, -0.05) is 18.2 Å². The second kappa shape index (κ2) is 4.68. The van der Waals surface area contributed by atoms with Gasteiger partial charge < -0.3 is 5.11 Å². The SMILES string of the molecule is O=S(=O)(CCO)Nc1cccc2cccnc12. The Morgan fingerprint density at radius 3 is 2.76 bits per heavy atom. The molecule has 0 aliphatic carbocycles. The highest BCUT2D eigenvalue weighted by Gasteiger charge is 2.11. The number of fused-ring (bicyclic) bond motifs is 1. The highest BCUT2D eigenvalue weighted by molar-refractivity contribution is 7.92. The van der Waals surface area contributed by atoms with Crippen molar-refractivity contribution in [1.82, 2.24) is 4.98 Å². The lowest BCUT2D eigenvalue weighted by atomic mass is 10.2. The summed E-state index contributed by atoms with van der Waals surface area (Å²) in [5.41, 5.74) is 1.02. The van der Waals surface area contributed by atoms with Crippen LogP contribution in [0.25, 0.3) is 10.9 Å². The molecule has 0 amide bonds. The smallest absolute Gasteiger partial charge is 0.235 e. The lowest BCUT2D eigenvalue weighted by molar-refractivity contribution is 0.320. The zero-order valence-corrected chi connectivity index (χ0v) is 9.81. The number of nitrogens with zero attached hydrogens (tertiary/aromatic N) is 1. The maximum atomic E-state index is 11.5. The molecular formula is C11H12N2O3S. The summed E-state index contributed by atoms with van der Waals surface area (Å²) in [6.45, 7) is -0.409. The fourth-order valence-corrected chi connectivity index (χ4v) is 2.37. The number of aliphatic hydroxyl groups is 1. The number of pyridine rings is 1. The molecule has 2 aromatic rings. The minimum Gasteiger partial charge on any atom is -0.395 e. The number of anilines is 1. The Hall–Kier alpha value is -1.66. The van der Waals surface area contributed by atoms with Crippen LogP contribution in [0, 0.1) is 0 Å². The lowest BCUT2D eigenvalue weighted by Crippen LogP contribution is -2.19. The molecule has 17 heavy (non-hydrogen) atoms. The molecule has 0 unspecified atom stereocenters. The van der Waals surface area contributed by atoms with E-state index in [9.17, 15) is 8.42 Å². The molecule has 5 nitrogen and oxygen atoms in total. The Kier molecular flexibility index (Phi) is 3.26. The Morgan fingerprint density at radius 1 is 1.24 bits per heavy atom. The molecular weight excluding hydrogens is 240 g/mol. The van der Waals surface area contributed by atoms with Gasteiger partial charge >= 0.3 is 0 Å². The van der Waals surface area contributed by atoms with Gasteiger partial charge in [0.05, 0.1) is 23.6 Å². The number of sulfonamides is 1. The van der Waals surface area contributed by atoms with Gasteiger partial charge in [-0.25, -0.2) is 8.42 Å². The van der Waals surface area contributed by atoms with E-state index in [-0.39, 0.29) is 5.75 Å². The molecule has 6 heteroatoms. The Bertz CT molecular complexity index is 620. The van der Waals surface area contributed by atoms with E-state index in [1.807, 2.05) is 12.1 Å². The molecule has 0 aliphatic rings. The van der Waals surface area contributed by atoms with Gasteiger partial charge in [-0.05, 0) is 12.1 Å². The van der Waals surface area contributed by atoms with E-state index in [0.717, 1.165) is 5.39 Å². The first-order valence-corrected chi connectivity index (χ1v) is 6.73. The largest absolute Gasteiger partial charge is 0.395 e. The van der Waals surface area contributed by atoms with Crippen LogP contribution in [0.1, 0.15) is 0 Å². The van der Waals surface area contributed by atoms with E-state index in [1.165, 1.54) is 0 Å². The second-order valence-corrected chi connectivity index (χ2v) is 5.37. The standard InChI is InChI=1S/C11H12N2O3S/c14-7-8-17(15,16)13-10-5-1-3-9-4-2-6-12-11(9)10/h1-6,13-14H,7-8H2. The van der Waals surface area contributed by atoms with Gasteiger partial charge in [0.15, 0.2) is 0 Å². The third-order valence-corrected chi connectivity index (χ3v) is 3.51. The van der Waals surface area contributed by atoms with E-state index in [2.05, 4.69) is 9.71 Å². The van der Waals surface area contributed by atoms with Gasteiger partial charge in [0.25, 0.3) is 0 Å². The monoisotopic (exact) mass is 252 g/mol. The summed E-state index contributed by atoms with van der Waals surface area (Å²) in [6, 6.07) is 8.89. The van der Waals surface area contributed by atoms with Gasteiger partial charge in [-0.2, -0.15) is 0 Å². The third kappa shape index (κ3) is 2.72. The lowest BCUT2D eigenvalue weighted by Gasteiger charge is -2.08. The molecule has 0 fully saturated rings. The van der Waals surface area contributed by atoms with Gasteiger partial charge in [-0.3, -0.25) is 9.71 Å². The topological polar surface area (TPSA) is 79.3 Å². The molecule has 1 heterocycles. The van der Waals surface area contributed by atoms with Crippen molar-refractivity contribution >= 4 is 26.6 Å². The number of hydrogen-bond acceptors (Lipinski definition) is 4. The van der Waals surface area contributed by atoms with E-state index in [4.69, 9.17) is 5.11 Å². The highest BCUT2D eigenvalue weighted by atomic mass is 32.2. The van der Waals surface area contributed by atoms with Crippen molar-refractivity contribution in [2.75, 3.05) is 17.1 Å². The number of aromatic nitrogens is 1. The Morgan fingerprint density at radius 2 is 2.00 bits per heavy atom. The van der Waals surface area contributed by atoms with E-state index < -0.39 is 16.6 Å². The summed E-state index contributed by atoms with van der Waals surface area (Å²) in [4.78, 5) is 4.14. The number of hydrogen-bond donors (Lipinski definition) is 2. The fraction of sp³-hybridized carbons (Fsp3) is 0.182. The van der Waals surface area contributed by atoms with Crippen molar-refractivity contribution < 1.29 is 13.5 Å². The fourth-order valence-electron chi connectivity index (χ4n) is 1.53. The van der Waals surface area contributed by atoms with Crippen LogP contribution in [-0.4, -0.2) is 30.9 Å². The summed E-state index contributed by atoms with van der Waals surface area (Å²) in [7, 11) is -3.52. The zero-order chi connectivity index (χ0) is 12.3. The van der Waals surface area contributed by atoms with Crippen molar-refractivity contribution in [1.29, 1.82) is 0 Å². The minimum absolute atomic E-state index is 0.323. The van der Waals surface area contributed by atoms with Crippen LogP contribution in [0.4, 0.5) is 5.69 Å². The van der Waals surface area contributed by atoms with Crippen LogP contribution < -0.4 is 4.72 Å². The molecule has 0 radical (unpaired) electrons. The second-order valence-electron chi connectivity index (χ2n) is 3.53. The highest BCUT2D eigenvalue weighted by Crippen LogP contribution is 2.21. The molecule has 1 aromatic heterocycles. The van der Waals surface area contributed by atoms with Crippen molar-refractivity contribution in [3.05, 3.63) is 36.5 Å². The van der Waals surface area contributed by atoms with Gasteiger partial charge in [0.2, 0.25) is 10.0 Å².